The molecule has 1 saturated heterocycles. The Hall–Kier alpha value is -2.05. The van der Waals surface area contributed by atoms with Gasteiger partial charge in [-0.25, -0.2) is 4.39 Å². The van der Waals surface area contributed by atoms with Gasteiger partial charge < -0.3 is 15.0 Å². The van der Waals surface area contributed by atoms with Crippen LogP contribution >= 0.6 is 11.8 Å². The molecule has 1 heterocycles. The summed E-state index contributed by atoms with van der Waals surface area (Å²) in [6.45, 7) is 6.03. The van der Waals surface area contributed by atoms with E-state index in [4.69, 9.17) is 4.74 Å². The van der Waals surface area contributed by atoms with E-state index in [9.17, 15) is 4.79 Å². The first kappa shape index (κ1) is 22.6. The summed E-state index contributed by atoms with van der Waals surface area (Å²) in [5.74, 6) is 1.71. The van der Waals surface area contributed by atoms with Crippen LogP contribution in [0.25, 0.3) is 0 Å². The summed E-state index contributed by atoms with van der Waals surface area (Å²) in [5.41, 5.74) is 1.72. The molecule has 1 N–H and O–H groups in total. The van der Waals surface area contributed by atoms with Gasteiger partial charge in [0.25, 0.3) is 5.91 Å². The highest BCUT2D eigenvalue weighted by Crippen LogP contribution is 2.27. The fourth-order valence-electron chi connectivity index (χ4n) is 3.59. The molecule has 0 radical (unpaired) electrons. The van der Waals surface area contributed by atoms with Crippen molar-refractivity contribution in [1.82, 2.24) is 10.2 Å². The number of likely N-dealkylation sites (tertiary alicyclic amines) is 1. The molecule has 0 aliphatic carbocycles. The largest absolute Gasteiger partial charge is 0.497 e. The number of alkyl halides is 1. The number of hydrogen-bond acceptors (Lipinski definition) is 4. The maximum atomic E-state index is 15.2. The van der Waals surface area contributed by atoms with Gasteiger partial charge in [0.05, 0.1) is 7.11 Å². The first-order chi connectivity index (χ1) is 14.4. The van der Waals surface area contributed by atoms with E-state index in [-0.39, 0.29) is 5.91 Å². The SMILES string of the molecule is COc1cccc(SCCNCC2(F)CCN(C(=O)c3ccc(C)c(C)c3)CC2)c1. The standard InChI is InChI=1S/C24H31FN2O2S/c1-18-7-8-20(15-19(18)2)23(28)27-12-9-24(25,10-13-27)17-26-11-14-30-22-6-4-5-21(16-22)29-3/h4-8,15-16,26H,9-14,17H2,1-3H3. The van der Waals surface area contributed by atoms with E-state index < -0.39 is 5.67 Å². The quantitative estimate of drug-likeness (QED) is 0.489. The van der Waals surface area contributed by atoms with E-state index in [1.807, 2.05) is 56.3 Å². The number of halogens is 1. The maximum Gasteiger partial charge on any atom is 0.253 e. The molecule has 0 saturated carbocycles. The van der Waals surface area contributed by atoms with Gasteiger partial charge in [-0.1, -0.05) is 12.1 Å². The minimum absolute atomic E-state index is 0.00259. The molecular weight excluding hydrogens is 399 g/mol. The number of hydrogen-bond donors (Lipinski definition) is 1. The van der Waals surface area contributed by atoms with Crippen LogP contribution in [0.15, 0.2) is 47.4 Å². The van der Waals surface area contributed by atoms with E-state index >= 15 is 4.39 Å². The highest BCUT2D eigenvalue weighted by molar-refractivity contribution is 7.99. The first-order valence-electron chi connectivity index (χ1n) is 10.4. The van der Waals surface area contributed by atoms with Gasteiger partial charge >= 0.3 is 0 Å². The molecule has 1 aliphatic rings. The molecule has 0 unspecified atom stereocenters. The van der Waals surface area contributed by atoms with E-state index in [0.29, 0.717) is 38.0 Å². The van der Waals surface area contributed by atoms with Gasteiger partial charge in [0.2, 0.25) is 0 Å². The summed E-state index contributed by atoms with van der Waals surface area (Å²) in [6.07, 6.45) is 0.749. The Morgan fingerprint density at radius 3 is 2.63 bits per heavy atom. The molecule has 0 aromatic heterocycles. The second-order valence-electron chi connectivity index (χ2n) is 7.95. The highest BCUT2D eigenvalue weighted by Gasteiger charge is 2.35. The molecule has 0 spiro atoms. The van der Waals surface area contributed by atoms with Gasteiger partial charge in [-0.15, -0.1) is 11.8 Å². The number of aryl methyl sites for hydroxylation is 2. The van der Waals surface area contributed by atoms with Crippen LogP contribution in [0, 0.1) is 13.8 Å². The molecule has 0 atom stereocenters. The lowest BCUT2D eigenvalue weighted by molar-refractivity contribution is 0.0438. The second-order valence-corrected chi connectivity index (χ2v) is 9.11. The Bertz CT molecular complexity index is 866. The predicted molar refractivity (Wildman–Crippen MR) is 121 cm³/mol. The zero-order valence-electron chi connectivity index (χ0n) is 18.0. The van der Waals surface area contributed by atoms with Crippen LogP contribution in [-0.2, 0) is 0 Å². The molecule has 6 heteroatoms. The number of methoxy groups -OCH3 is 1. The van der Waals surface area contributed by atoms with E-state index in [1.165, 1.54) is 5.56 Å². The number of nitrogens with one attached hydrogen (secondary N) is 1. The normalized spacial score (nSPS) is 15.8. The van der Waals surface area contributed by atoms with Gasteiger partial charge in [0, 0.05) is 55.2 Å². The van der Waals surface area contributed by atoms with Crippen molar-refractivity contribution in [3.8, 4) is 5.75 Å². The number of piperidine rings is 1. The first-order valence-corrected chi connectivity index (χ1v) is 11.4. The van der Waals surface area contributed by atoms with Gasteiger partial charge in [0.15, 0.2) is 0 Å². The Labute approximate surface area is 183 Å². The van der Waals surface area contributed by atoms with Crippen LogP contribution in [0.3, 0.4) is 0 Å². The van der Waals surface area contributed by atoms with Crippen molar-refractivity contribution in [2.45, 2.75) is 37.3 Å². The zero-order valence-corrected chi connectivity index (χ0v) is 18.9. The Balaban J connectivity index is 1.40. The van der Waals surface area contributed by atoms with Crippen molar-refractivity contribution in [2.24, 2.45) is 0 Å². The van der Waals surface area contributed by atoms with Crippen LogP contribution in [-0.4, -0.2) is 55.5 Å². The van der Waals surface area contributed by atoms with Crippen LogP contribution in [0.4, 0.5) is 4.39 Å². The molecule has 2 aromatic carbocycles. The van der Waals surface area contributed by atoms with Crippen molar-refractivity contribution in [2.75, 3.05) is 39.0 Å². The van der Waals surface area contributed by atoms with Crippen LogP contribution in [0.2, 0.25) is 0 Å². The monoisotopic (exact) mass is 430 g/mol. The molecule has 3 rings (SSSR count). The Kier molecular flexibility index (Phi) is 7.78. The molecular formula is C24H31FN2O2S. The molecule has 1 aliphatic heterocycles. The highest BCUT2D eigenvalue weighted by atomic mass is 32.2. The lowest BCUT2D eigenvalue weighted by Crippen LogP contribution is -2.49. The lowest BCUT2D eigenvalue weighted by Gasteiger charge is -2.36. The summed E-state index contributed by atoms with van der Waals surface area (Å²) in [6, 6.07) is 13.7. The summed E-state index contributed by atoms with van der Waals surface area (Å²) in [4.78, 5) is 15.7. The summed E-state index contributed by atoms with van der Waals surface area (Å²) < 4.78 is 20.4. The number of amides is 1. The third kappa shape index (κ3) is 5.99. The Morgan fingerprint density at radius 2 is 1.93 bits per heavy atom. The molecule has 1 amide bonds. The Morgan fingerprint density at radius 1 is 1.17 bits per heavy atom. The number of thioether (sulfide) groups is 1. The van der Waals surface area contributed by atoms with Crippen molar-refractivity contribution < 1.29 is 13.9 Å². The minimum atomic E-state index is -1.25. The molecule has 1 fully saturated rings. The molecule has 162 valence electrons. The lowest BCUT2D eigenvalue weighted by atomic mass is 9.92. The van der Waals surface area contributed by atoms with Crippen LogP contribution in [0.5, 0.6) is 5.75 Å². The smallest absolute Gasteiger partial charge is 0.253 e. The molecule has 4 nitrogen and oxygen atoms in total. The van der Waals surface area contributed by atoms with E-state index in [1.54, 1.807) is 23.8 Å². The van der Waals surface area contributed by atoms with Crippen LogP contribution in [0.1, 0.15) is 34.3 Å². The zero-order chi connectivity index (χ0) is 21.6. The number of rotatable bonds is 8. The second kappa shape index (κ2) is 10.3. The van der Waals surface area contributed by atoms with Gasteiger partial charge in [-0.2, -0.15) is 0 Å². The fourth-order valence-corrected chi connectivity index (χ4v) is 4.45. The number of ether oxygens (including phenoxy) is 1. The number of nitrogens with zero attached hydrogens (tertiary/aromatic N) is 1. The van der Waals surface area contributed by atoms with E-state index in [0.717, 1.165) is 28.5 Å². The summed E-state index contributed by atoms with van der Waals surface area (Å²) in [7, 11) is 1.66. The van der Waals surface area contributed by atoms with Crippen molar-refractivity contribution in [3.63, 3.8) is 0 Å². The topological polar surface area (TPSA) is 41.6 Å². The third-order valence-corrected chi connectivity index (χ3v) is 6.73. The van der Waals surface area contributed by atoms with Crippen molar-refractivity contribution in [3.05, 3.63) is 59.2 Å². The molecule has 2 aromatic rings. The average Bonchev–Trinajstić information content (AvgIpc) is 2.75. The predicted octanol–water partition coefficient (Wildman–Crippen LogP) is 4.64. The summed E-state index contributed by atoms with van der Waals surface area (Å²) in [5, 5.41) is 3.25. The fraction of sp³-hybridized carbons (Fsp3) is 0.458. The van der Waals surface area contributed by atoms with Crippen molar-refractivity contribution in [1.29, 1.82) is 0 Å². The van der Waals surface area contributed by atoms with Gasteiger partial charge in [-0.05, 0) is 55.3 Å². The van der Waals surface area contributed by atoms with Crippen molar-refractivity contribution >= 4 is 17.7 Å². The van der Waals surface area contributed by atoms with E-state index in [2.05, 4.69) is 5.32 Å². The summed E-state index contributed by atoms with van der Waals surface area (Å²) >= 11 is 1.72. The van der Waals surface area contributed by atoms with Crippen LogP contribution < -0.4 is 10.1 Å². The number of benzene rings is 2. The molecule has 30 heavy (non-hydrogen) atoms. The minimum Gasteiger partial charge on any atom is -0.497 e. The van der Waals surface area contributed by atoms with Gasteiger partial charge in [-0.3, -0.25) is 4.79 Å². The number of carbonyl (C=O) groups is 1. The number of carbonyl (C=O) groups excluding carboxylic acids is 1. The van der Waals surface area contributed by atoms with Gasteiger partial charge in [0.1, 0.15) is 11.4 Å². The average molecular weight is 431 g/mol. The maximum absolute atomic E-state index is 15.2. The molecule has 0 bridgehead atoms. The third-order valence-electron chi connectivity index (χ3n) is 5.73.